The van der Waals surface area contributed by atoms with E-state index in [0.29, 0.717) is 6.42 Å². The maximum Gasteiger partial charge on any atom is 0.404 e. The molecule has 0 saturated heterocycles. The van der Waals surface area contributed by atoms with Gasteiger partial charge in [0.25, 0.3) is 0 Å². The Labute approximate surface area is 161 Å². The van der Waals surface area contributed by atoms with E-state index in [0.717, 1.165) is 24.8 Å². The monoisotopic (exact) mass is 380 g/mol. The summed E-state index contributed by atoms with van der Waals surface area (Å²) < 4.78 is 14.1. The molecule has 27 heavy (non-hydrogen) atoms. The molecular formula is C21H33FN2O3. The lowest BCUT2D eigenvalue weighted by Gasteiger charge is -2.09. The van der Waals surface area contributed by atoms with Crippen LogP contribution in [0.3, 0.4) is 0 Å². The third kappa shape index (κ3) is 11.3. The lowest BCUT2D eigenvalue weighted by atomic mass is 10.0. The number of carbonyl (C=O) groups excluding carboxylic acids is 1. The Hall–Kier alpha value is -2.11. The summed E-state index contributed by atoms with van der Waals surface area (Å²) in [6.07, 6.45) is 10.2. The molecule has 0 aliphatic carbocycles. The third-order valence-electron chi connectivity index (χ3n) is 4.48. The molecule has 0 radical (unpaired) electrons. The molecule has 0 aliphatic heterocycles. The zero-order chi connectivity index (χ0) is 19.9. The van der Waals surface area contributed by atoms with Gasteiger partial charge in [0.2, 0.25) is 5.91 Å². The SMILES string of the molecule is CCCCCCCCCCc1ccc(NC(=O)CCCNC(=O)O)c(F)c1. The fourth-order valence-corrected chi connectivity index (χ4v) is 2.94. The number of carboxylic acid groups (broad SMARTS) is 1. The van der Waals surface area contributed by atoms with Crippen molar-refractivity contribution in [2.24, 2.45) is 0 Å². The highest BCUT2D eigenvalue weighted by Crippen LogP contribution is 2.18. The number of carbonyl (C=O) groups is 2. The standard InChI is InChI=1S/C21H33FN2O3/c1-2-3-4-5-6-7-8-9-11-17-13-14-19(18(22)16-17)24-20(25)12-10-15-23-21(26)27/h13-14,16,23H,2-12,15H2,1H3,(H,24,25)(H,26,27). The van der Waals surface area contributed by atoms with Crippen LogP contribution in [0.2, 0.25) is 0 Å². The van der Waals surface area contributed by atoms with Crippen LogP contribution >= 0.6 is 0 Å². The molecule has 0 bridgehead atoms. The summed E-state index contributed by atoms with van der Waals surface area (Å²) in [6, 6.07) is 4.94. The molecule has 0 atom stereocenters. The van der Waals surface area contributed by atoms with Crippen molar-refractivity contribution >= 4 is 17.7 Å². The van der Waals surface area contributed by atoms with E-state index in [1.165, 1.54) is 44.6 Å². The van der Waals surface area contributed by atoms with Crippen LogP contribution in [-0.2, 0) is 11.2 Å². The second-order valence-corrected chi connectivity index (χ2v) is 6.92. The van der Waals surface area contributed by atoms with Crippen molar-refractivity contribution in [3.63, 3.8) is 0 Å². The number of aryl methyl sites for hydroxylation is 1. The van der Waals surface area contributed by atoms with Gasteiger partial charge in [0.1, 0.15) is 5.82 Å². The zero-order valence-electron chi connectivity index (χ0n) is 16.4. The molecule has 0 aliphatic rings. The first-order valence-corrected chi connectivity index (χ1v) is 10.1. The van der Waals surface area contributed by atoms with Gasteiger partial charge in [-0.3, -0.25) is 4.79 Å². The molecule has 5 nitrogen and oxygen atoms in total. The summed E-state index contributed by atoms with van der Waals surface area (Å²) >= 11 is 0. The minimum Gasteiger partial charge on any atom is -0.465 e. The van der Waals surface area contributed by atoms with Gasteiger partial charge in [0, 0.05) is 13.0 Å². The van der Waals surface area contributed by atoms with Crippen molar-refractivity contribution in [1.82, 2.24) is 5.32 Å². The number of nitrogens with one attached hydrogen (secondary N) is 2. The van der Waals surface area contributed by atoms with Crippen molar-refractivity contribution in [1.29, 1.82) is 0 Å². The third-order valence-corrected chi connectivity index (χ3v) is 4.48. The quantitative estimate of drug-likeness (QED) is 0.373. The molecule has 6 heteroatoms. The fraction of sp³-hybridized carbons (Fsp3) is 0.619. The van der Waals surface area contributed by atoms with Gasteiger partial charge in [0.15, 0.2) is 0 Å². The predicted octanol–water partition coefficient (Wildman–Crippen LogP) is 5.50. The van der Waals surface area contributed by atoms with Crippen molar-refractivity contribution < 1.29 is 19.1 Å². The minimum atomic E-state index is -1.12. The van der Waals surface area contributed by atoms with E-state index >= 15 is 0 Å². The Kier molecular flexibility index (Phi) is 11.9. The van der Waals surface area contributed by atoms with E-state index in [4.69, 9.17) is 5.11 Å². The summed E-state index contributed by atoms with van der Waals surface area (Å²) in [5.74, 6) is -0.749. The number of anilines is 1. The largest absolute Gasteiger partial charge is 0.465 e. The van der Waals surface area contributed by atoms with Crippen LogP contribution in [0.5, 0.6) is 0 Å². The molecule has 2 amide bonds. The molecule has 3 N–H and O–H groups in total. The van der Waals surface area contributed by atoms with Crippen LogP contribution in [0.25, 0.3) is 0 Å². The summed E-state index contributed by atoms with van der Waals surface area (Å²) in [6.45, 7) is 2.42. The number of rotatable bonds is 14. The Morgan fingerprint density at radius 1 is 1.00 bits per heavy atom. The molecule has 1 aromatic carbocycles. The summed E-state index contributed by atoms with van der Waals surface area (Å²) in [5, 5.41) is 13.2. The molecule has 1 rings (SSSR count). The van der Waals surface area contributed by atoms with Gasteiger partial charge in [-0.2, -0.15) is 0 Å². The fourth-order valence-electron chi connectivity index (χ4n) is 2.94. The average molecular weight is 381 g/mol. The van der Waals surface area contributed by atoms with Crippen LogP contribution in [0, 0.1) is 5.82 Å². The first-order valence-electron chi connectivity index (χ1n) is 10.1. The number of benzene rings is 1. The predicted molar refractivity (Wildman–Crippen MR) is 107 cm³/mol. The zero-order valence-corrected chi connectivity index (χ0v) is 16.4. The van der Waals surface area contributed by atoms with Crippen LogP contribution < -0.4 is 10.6 Å². The van der Waals surface area contributed by atoms with Gasteiger partial charge < -0.3 is 15.7 Å². The Morgan fingerprint density at radius 3 is 2.30 bits per heavy atom. The molecular weight excluding hydrogens is 347 g/mol. The summed E-state index contributed by atoms with van der Waals surface area (Å²) in [5.41, 5.74) is 1.12. The van der Waals surface area contributed by atoms with Crippen LogP contribution in [0.4, 0.5) is 14.9 Å². The van der Waals surface area contributed by atoms with Gasteiger partial charge in [-0.1, -0.05) is 57.9 Å². The summed E-state index contributed by atoms with van der Waals surface area (Å²) in [4.78, 5) is 22.1. The van der Waals surface area contributed by atoms with E-state index < -0.39 is 11.9 Å². The second-order valence-electron chi connectivity index (χ2n) is 6.92. The van der Waals surface area contributed by atoms with E-state index in [-0.39, 0.29) is 24.6 Å². The molecule has 152 valence electrons. The van der Waals surface area contributed by atoms with Crippen LogP contribution in [0.15, 0.2) is 18.2 Å². The van der Waals surface area contributed by atoms with Gasteiger partial charge >= 0.3 is 6.09 Å². The lowest BCUT2D eigenvalue weighted by molar-refractivity contribution is -0.116. The first kappa shape index (κ1) is 22.9. The van der Waals surface area contributed by atoms with Crippen molar-refractivity contribution in [3.8, 4) is 0 Å². The molecule has 0 saturated carbocycles. The Balaban J connectivity index is 2.24. The average Bonchev–Trinajstić information content (AvgIpc) is 2.63. The maximum atomic E-state index is 14.1. The Bertz CT molecular complexity index is 579. The smallest absolute Gasteiger partial charge is 0.404 e. The highest BCUT2D eigenvalue weighted by molar-refractivity contribution is 5.90. The van der Waals surface area contributed by atoms with E-state index in [1.807, 2.05) is 6.07 Å². The molecule has 0 spiro atoms. The van der Waals surface area contributed by atoms with E-state index in [1.54, 1.807) is 6.07 Å². The van der Waals surface area contributed by atoms with Gasteiger partial charge in [-0.25, -0.2) is 9.18 Å². The number of unbranched alkanes of at least 4 members (excludes halogenated alkanes) is 7. The molecule has 1 aromatic rings. The van der Waals surface area contributed by atoms with Crippen molar-refractivity contribution in [2.45, 2.75) is 77.6 Å². The van der Waals surface area contributed by atoms with Gasteiger partial charge in [-0.15, -0.1) is 0 Å². The molecule has 0 unspecified atom stereocenters. The number of hydrogen-bond donors (Lipinski definition) is 3. The van der Waals surface area contributed by atoms with Crippen LogP contribution in [0.1, 0.15) is 76.7 Å². The van der Waals surface area contributed by atoms with Crippen molar-refractivity contribution in [2.75, 3.05) is 11.9 Å². The van der Waals surface area contributed by atoms with E-state index in [9.17, 15) is 14.0 Å². The highest BCUT2D eigenvalue weighted by Gasteiger charge is 2.08. The number of halogens is 1. The topological polar surface area (TPSA) is 78.4 Å². The maximum absolute atomic E-state index is 14.1. The minimum absolute atomic E-state index is 0.139. The normalized spacial score (nSPS) is 10.6. The lowest BCUT2D eigenvalue weighted by Crippen LogP contribution is -2.23. The second kappa shape index (κ2) is 14.0. The first-order chi connectivity index (χ1) is 13.0. The van der Waals surface area contributed by atoms with Gasteiger partial charge in [-0.05, 0) is 37.0 Å². The number of amides is 2. The molecule has 0 heterocycles. The van der Waals surface area contributed by atoms with Crippen molar-refractivity contribution in [3.05, 3.63) is 29.6 Å². The van der Waals surface area contributed by atoms with E-state index in [2.05, 4.69) is 17.6 Å². The van der Waals surface area contributed by atoms with Crippen LogP contribution in [-0.4, -0.2) is 23.7 Å². The molecule has 0 fully saturated rings. The summed E-state index contributed by atoms with van der Waals surface area (Å²) in [7, 11) is 0. The highest BCUT2D eigenvalue weighted by atomic mass is 19.1. The molecule has 0 aromatic heterocycles. The Morgan fingerprint density at radius 2 is 1.67 bits per heavy atom. The van der Waals surface area contributed by atoms with Gasteiger partial charge in [0.05, 0.1) is 5.69 Å². The number of hydrogen-bond acceptors (Lipinski definition) is 2.